The van der Waals surface area contributed by atoms with Crippen molar-refractivity contribution >= 4 is 17.6 Å². The first kappa shape index (κ1) is 12.0. The smallest absolute Gasteiger partial charge is 0.354 e. The zero-order chi connectivity index (χ0) is 12.4. The molecule has 0 fully saturated rings. The van der Waals surface area contributed by atoms with Gasteiger partial charge in [0, 0.05) is 13.6 Å². The molecule has 0 saturated heterocycles. The number of likely N-dealkylation sites (N-methyl/N-ethyl adjacent to an activating group) is 1. The zero-order valence-corrected chi connectivity index (χ0v) is 10.0. The quantitative estimate of drug-likeness (QED) is 0.829. The Labute approximate surface area is 104 Å². The summed E-state index contributed by atoms with van der Waals surface area (Å²) in [6.07, 6.45) is -1.27. The van der Waals surface area contributed by atoms with E-state index < -0.39 is 12.3 Å². The van der Waals surface area contributed by atoms with Crippen LogP contribution in [-0.2, 0) is 16.1 Å². The van der Waals surface area contributed by atoms with E-state index in [0.29, 0.717) is 12.2 Å². The Morgan fingerprint density at radius 3 is 2.59 bits per heavy atom. The average Bonchev–Trinajstić information content (AvgIpc) is 2.54. The van der Waals surface area contributed by atoms with Gasteiger partial charge in [0.25, 0.3) is 0 Å². The summed E-state index contributed by atoms with van der Waals surface area (Å²) in [6.45, 7) is 0.542. The van der Waals surface area contributed by atoms with Crippen LogP contribution in [0.15, 0.2) is 41.1 Å². The van der Waals surface area contributed by atoms with Crippen molar-refractivity contribution in [1.82, 2.24) is 4.90 Å². The number of ether oxygens (including phenoxy) is 1. The van der Waals surface area contributed by atoms with Crippen molar-refractivity contribution < 1.29 is 14.6 Å². The maximum Gasteiger partial charge on any atom is 0.354 e. The molecule has 1 aliphatic heterocycles. The first-order valence-corrected chi connectivity index (χ1v) is 5.51. The lowest BCUT2D eigenvalue weighted by molar-refractivity contribution is -0.152. The number of rotatable bonds is 3. The lowest BCUT2D eigenvalue weighted by Gasteiger charge is -2.21. The van der Waals surface area contributed by atoms with E-state index in [4.69, 9.17) is 11.6 Å². The minimum Gasteiger partial charge on any atom is -0.425 e. The number of aliphatic hydroxyl groups is 1. The molecule has 0 saturated carbocycles. The van der Waals surface area contributed by atoms with Crippen molar-refractivity contribution in [2.24, 2.45) is 0 Å². The molecule has 1 heterocycles. The molecule has 1 atom stereocenters. The third-order valence-electron chi connectivity index (χ3n) is 2.53. The Morgan fingerprint density at radius 1 is 1.41 bits per heavy atom. The number of nitrogens with zero attached hydrogens (tertiary/aromatic N) is 1. The van der Waals surface area contributed by atoms with E-state index >= 15 is 0 Å². The predicted octanol–water partition coefficient (Wildman–Crippen LogP) is 1.44. The highest BCUT2D eigenvalue weighted by Crippen LogP contribution is 2.27. The van der Waals surface area contributed by atoms with E-state index in [0.717, 1.165) is 5.56 Å². The first-order chi connectivity index (χ1) is 8.09. The van der Waals surface area contributed by atoms with Crippen molar-refractivity contribution in [1.29, 1.82) is 0 Å². The fourth-order valence-electron chi connectivity index (χ4n) is 1.72. The molecule has 0 amide bonds. The third kappa shape index (κ3) is 2.43. The van der Waals surface area contributed by atoms with Crippen LogP contribution in [0.5, 0.6) is 0 Å². The molecular weight excluding hydrogens is 242 g/mol. The number of carbonyl (C=O) groups excluding carboxylic acids is 1. The van der Waals surface area contributed by atoms with Crippen LogP contribution < -0.4 is 0 Å². The summed E-state index contributed by atoms with van der Waals surface area (Å²) in [5.74, 6) is -0.686. The summed E-state index contributed by atoms with van der Waals surface area (Å²) in [5, 5.41) is 9.49. The summed E-state index contributed by atoms with van der Waals surface area (Å²) in [7, 11) is 1.75. The van der Waals surface area contributed by atoms with Crippen LogP contribution in [0.25, 0.3) is 0 Å². The second kappa shape index (κ2) is 4.77. The highest BCUT2D eigenvalue weighted by Gasteiger charge is 2.34. The van der Waals surface area contributed by atoms with E-state index in [1.807, 2.05) is 30.3 Å². The lowest BCUT2D eigenvalue weighted by atomic mass is 10.2. The molecule has 0 bridgehead atoms. The summed E-state index contributed by atoms with van der Waals surface area (Å²) < 4.78 is 4.61. The molecule has 17 heavy (non-hydrogen) atoms. The molecule has 90 valence electrons. The van der Waals surface area contributed by atoms with Gasteiger partial charge in [-0.15, -0.1) is 0 Å². The van der Waals surface area contributed by atoms with Gasteiger partial charge in [-0.05, 0) is 5.56 Å². The molecule has 1 N–H and O–H groups in total. The summed E-state index contributed by atoms with van der Waals surface area (Å²) in [6, 6.07) is 9.68. The molecule has 1 unspecified atom stereocenters. The monoisotopic (exact) mass is 253 g/mol. The van der Waals surface area contributed by atoms with Gasteiger partial charge in [-0.3, -0.25) is 0 Å². The highest BCUT2D eigenvalue weighted by atomic mass is 35.5. The normalized spacial score (nSPS) is 19.5. The van der Waals surface area contributed by atoms with Gasteiger partial charge in [-0.1, -0.05) is 41.9 Å². The maximum atomic E-state index is 11.2. The van der Waals surface area contributed by atoms with E-state index in [1.54, 1.807) is 11.9 Å². The van der Waals surface area contributed by atoms with E-state index in [1.165, 1.54) is 0 Å². The highest BCUT2D eigenvalue weighted by molar-refractivity contribution is 6.42. The van der Waals surface area contributed by atoms with Crippen LogP contribution in [0.1, 0.15) is 5.56 Å². The lowest BCUT2D eigenvalue weighted by Crippen LogP contribution is -2.25. The van der Waals surface area contributed by atoms with Gasteiger partial charge in [0.1, 0.15) is 5.70 Å². The number of cyclic esters (lactones) is 1. The molecule has 1 aliphatic rings. The maximum absolute atomic E-state index is 11.2. The van der Waals surface area contributed by atoms with Crippen LogP contribution in [-0.4, -0.2) is 29.3 Å². The van der Waals surface area contributed by atoms with Gasteiger partial charge in [-0.2, -0.15) is 0 Å². The van der Waals surface area contributed by atoms with Gasteiger partial charge in [0.2, 0.25) is 6.29 Å². The Hall–Kier alpha value is -1.52. The molecular formula is C12H12ClNO3. The van der Waals surface area contributed by atoms with Crippen molar-refractivity contribution in [3.63, 3.8) is 0 Å². The van der Waals surface area contributed by atoms with E-state index in [2.05, 4.69) is 4.74 Å². The van der Waals surface area contributed by atoms with Crippen molar-refractivity contribution in [3.8, 4) is 0 Å². The predicted molar refractivity (Wildman–Crippen MR) is 62.9 cm³/mol. The Kier molecular flexibility index (Phi) is 3.36. The standard InChI is InChI=1S/C12H12ClNO3/c1-14(7-8-5-3-2-4-6-8)10-9(13)11(15)17-12(10)16/h2-6,12,16H,7H2,1H3. The number of hydrogen-bond donors (Lipinski definition) is 1. The van der Waals surface area contributed by atoms with Crippen molar-refractivity contribution in [2.75, 3.05) is 7.05 Å². The van der Waals surface area contributed by atoms with Crippen LogP contribution in [0.3, 0.4) is 0 Å². The molecule has 0 radical (unpaired) electrons. The van der Waals surface area contributed by atoms with Crippen LogP contribution in [0, 0.1) is 0 Å². The summed E-state index contributed by atoms with van der Waals surface area (Å²) >= 11 is 5.79. The Morgan fingerprint density at radius 2 is 2.06 bits per heavy atom. The fourth-order valence-corrected chi connectivity index (χ4v) is 2.00. The second-order valence-electron chi connectivity index (χ2n) is 3.80. The summed E-state index contributed by atoms with van der Waals surface area (Å²) in [5.41, 5.74) is 1.36. The molecule has 1 aromatic rings. The number of hydrogen-bond acceptors (Lipinski definition) is 4. The Bertz CT molecular complexity index is 458. The van der Waals surface area contributed by atoms with Crippen LogP contribution in [0.2, 0.25) is 0 Å². The third-order valence-corrected chi connectivity index (χ3v) is 2.88. The van der Waals surface area contributed by atoms with Gasteiger partial charge in [0.15, 0.2) is 5.03 Å². The summed E-state index contributed by atoms with van der Waals surface area (Å²) in [4.78, 5) is 12.9. The van der Waals surface area contributed by atoms with Crippen LogP contribution in [0.4, 0.5) is 0 Å². The number of aliphatic hydroxyl groups excluding tert-OH is 1. The minimum atomic E-state index is -1.27. The number of carbonyl (C=O) groups is 1. The molecule has 0 aliphatic carbocycles. The molecule has 0 spiro atoms. The number of halogens is 1. The largest absolute Gasteiger partial charge is 0.425 e. The van der Waals surface area contributed by atoms with Gasteiger partial charge in [-0.25, -0.2) is 4.79 Å². The van der Waals surface area contributed by atoms with Crippen LogP contribution >= 0.6 is 11.6 Å². The van der Waals surface area contributed by atoms with E-state index in [-0.39, 0.29) is 5.03 Å². The average molecular weight is 254 g/mol. The first-order valence-electron chi connectivity index (χ1n) is 5.13. The molecule has 2 rings (SSSR count). The fraction of sp³-hybridized carbons (Fsp3) is 0.250. The topological polar surface area (TPSA) is 49.8 Å². The molecule has 4 nitrogen and oxygen atoms in total. The second-order valence-corrected chi connectivity index (χ2v) is 4.18. The molecule has 1 aromatic carbocycles. The van der Waals surface area contributed by atoms with Gasteiger partial charge < -0.3 is 14.7 Å². The molecule has 5 heteroatoms. The minimum absolute atomic E-state index is 0.0593. The number of benzene rings is 1. The number of esters is 1. The molecule has 0 aromatic heterocycles. The van der Waals surface area contributed by atoms with E-state index in [9.17, 15) is 9.90 Å². The SMILES string of the molecule is CN(Cc1ccccc1)C1=C(Cl)C(=O)OC1O. The van der Waals surface area contributed by atoms with Crippen molar-refractivity contribution in [2.45, 2.75) is 12.8 Å². The zero-order valence-electron chi connectivity index (χ0n) is 9.26. The van der Waals surface area contributed by atoms with Crippen molar-refractivity contribution in [3.05, 3.63) is 46.6 Å². The Balaban J connectivity index is 2.16. The van der Waals surface area contributed by atoms with Gasteiger partial charge in [0.05, 0.1) is 0 Å². The van der Waals surface area contributed by atoms with Gasteiger partial charge >= 0.3 is 5.97 Å².